The maximum atomic E-state index is 6.08. The molecule has 1 aliphatic rings. The number of rotatable bonds is 5. The van der Waals surface area contributed by atoms with Crippen molar-refractivity contribution in [1.29, 1.82) is 0 Å². The van der Waals surface area contributed by atoms with Crippen molar-refractivity contribution in [3.8, 4) is 5.75 Å². The first-order valence-corrected chi connectivity index (χ1v) is 9.98. The third-order valence-corrected chi connectivity index (χ3v) is 5.24. The molecule has 2 unspecified atom stereocenters. The van der Waals surface area contributed by atoms with E-state index in [-0.39, 0.29) is 12.1 Å². The van der Waals surface area contributed by atoms with Crippen molar-refractivity contribution in [2.24, 2.45) is 4.99 Å². The van der Waals surface area contributed by atoms with Gasteiger partial charge in [0.05, 0.1) is 12.6 Å². The molecule has 0 saturated heterocycles. The lowest BCUT2D eigenvalue weighted by Gasteiger charge is -2.20. The highest BCUT2D eigenvalue weighted by molar-refractivity contribution is 6.30. The maximum absolute atomic E-state index is 6.08. The van der Waals surface area contributed by atoms with Gasteiger partial charge in [-0.15, -0.1) is 0 Å². The molecule has 1 aliphatic heterocycles. The summed E-state index contributed by atoms with van der Waals surface area (Å²) >= 11 is 12.2. The number of benzene rings is 3. The minimum absolute atomic E-state index is 0.00388. The number of hydrogen-bond acceptors (Lipinski definition) is 3. The number of nitrogens with one attached hydrogen (secondary N) is 1. The summed E-state index contributed by atoms with van der Waals surface area (Å²) in [5.41, 5.74) is 3.23. The van der Waals surface area contributed by atoms with Crippen molar-refractivity contribution in [2.75, 3.05) is 6.61 Å². The zero-order valence-electron chi connectivity index (χ0n) is 15.4. The van der Waals surface area contributed by atoms with Crippen molar-refractivity contribution < 1.29 is 4.74 Å². The first kappa shape index (κ1) is 18.9. The van der Waals surface area contributed by atoms with Crippen LogP contribution in [0.3, 0.4) is 0 Å². The Hall–Kier alpha value is -2.49. The number of amidine groups is 1. The van der Waals surface area contributed by atoms with Gasteiger partial charge < -0.3 is 10.1 Å². The van der Waals surface area contributed by atoms with Gasteiger partial charge in [0.2, 0.25) is 0 Å². The van der Waals surface area contributed by atoms with E-state index in [4.69, 9.17) is 32.9 Å². The van der Waals surface area contributed by atoms with Crippen LogP contribution in [0.25, 0.3) is 0 Å². The van der Waals surface area contributed by atoms with E-state index < -0.39 is 0 Å². The van der Waals surface area contributed by atoms with E-state index in [0.29, 0.717) is 11.6 Å². The summed E-state index contributed by atoms with van der Waals surface area (Å²) in [6.45, 7) is 2.61. The van der Waals surface area contributed by atoms with E-state index in [0.717, 1.165) is 33.3 Å². The van der Waals surface area contributed by atoms with E-state index in [2.05, 4.69) is 5.32 Å². The van der Waals surface area contributed by atoms with Gasteiger partial charge in [0.25, 0.3) is 0 Å². The average molecular weight is 411 g/mol. The molecule has 0 saturated carbocycles. The fraction of sp³-hybridized carbons (Fsp3) is 0.174. The summed E-state index contributed by atoms with van der Waals surface area (Å²) in [6, 6.07) is 23.7. The number of nitrogens with zero attached hydrogens (tertiary/aromatic N) is 1. The molecule has 0 radical (unpaired) electrons. The molecule has 0 spiro atoms. The van der Waals surface area contributed by atoms with E-state index in [1.165, 1.54) is 0 Å². The van der Waals surface area contributed by atoms with E-state index in [9.17, 15) is 0 Å². The molecule has 142 valence electrons. The van der Waals surface area contributed by atoms with Gasteiger partial charge in [-0.05, 0) is 54.4 Å². The van der Waals surface area contributed by atoms with Crippen LogP contribution in [0.5, 0.6) is 5.75 Å². The zero-order valence-corrected chi connectivity index (χ0v) is 16.9. The number of halogens is 2. The third kappa shape index (κ3) is 4.01. The molecule has 1 N–H and O–H groups in total. The van der Waals surface area contributed by atoms with E-state index >= 15 is 0 Å². The summed E-state index contributed by atoms with van der Waals surface area (Å²) < 4.78 is 5.64. The Bertz CT molecular complexity index is 984. The van der Waals surface area contributed by atoms with Crippen molar-refractivity contribution >= 4 is 29.0 Å². The van der Waals surface area contributed by atoms with Crippen molar-refractivity contribution in [3.63, 3.8) is 0 Å². The normalized spacial score (nSPS) is 18.5. The molecule has 3 aromatic carbocycles. The molecule has 0 aromatic heterocycles. The second-order valence-electron chi connectivity index (χ2n) is 6.61. The molecule has 5 heteroatoms. The largest absolute Gasteiger partial charge is 0.494 e. The summed E-state index contributed by atoms with van der Waals surface area (Å²) in [6.07, 6.45) is 0. The molecule has 2 atom stereocenters. The fourth-order valence-electron chi connectivity index (χ4n) is 3.40. The predicted octanol–water partition coefficient (Wildman–Crippen LogP) is 6.22. The molecule has 0 fully saturated rings. The van der Waals surface area contributed by atoms with Gasteiger partial charge in [0, 0.05) is 15.6 Å². The van der Waals surface area contributed by atoms with Crippen LogP contribution in [0.2, 0.25) is 10.0 Å². The lowest BCUT2D eigenvalue weighted by Crippen LogP contribution is -2.25. The first-order valence-electron chi connectivity index (χ1n) is 9.22. The minimum Gasteiger partial charge on any atom is -0.494 e. The summed E-state index contributed by atoms with van der Waals surface area (Å²) in [4.78, 5) is 5.01. The topological polar surface area (TPSA) is 33.6 Å². The van der Waals surface area contributed by atoms with Gasteiger partial charge in [0.1, 0.15) is 17.6 Å². The van der Waals surface area contributed by atoms with E-state index in [1.807, 2.05) is 79.7 Å². The van der Waals surface area contributed by atoms with Crippen molar-refractivity contribution in [1.82, 2.24) is 5.32 Å². The molecular weight excluding hydrogens is 391 g/mol. The van der Waals surface area contributed by atoms with Gasteiger partial charge in [0.15, 0.2) is 0 Å². The molecule has 0 aliphatic carbocycles. The van der Waals surface area contributed by atoms with Gasteiger partial charge >= 0.3 is 0 Å². The summed E-state index contributed by atoms with van der Waals surface area (Å²) in [5, 5.41) is 5.03. The van der Waals surface area contributed by atoms with Crippen LogP contribution in [-0.2, 0) is 0 Å². The standard InChI is InChI=1S/C23H20Cl2N2O/c1-2-28-20-5-3-4-17(14-20)23-26-21(15-6-10-18(24)11-7-15)22(27-23)16-8-12-19(25)13-9-16/h3-14,21-22H,2H2,1H3,(H,26,27). The number of aliphatic imine (C=N–C) groups is 1. The summed E-state index contributed by atoms with van der Waals surface area (Å²) in [7, 11) is 0. The Morgan fingerprint density at radius 3 is 2.18 bits per heavy atom. The highest BCUT2D eigenvalue weighted by Crippen LogP contribution is 2.38. The molecule has 3 aromatic rings. The lowest BCUT2D eigenvalue weighted by molar-refractivity contribution is 0.340. The van der Waals surface area contributed by atoms with Crippen molar-refractivity contribution in [2.45, 2.75) is 19.0 Å². The molecule has 0 bridgehead atoms. The third-order valence-electron chi connectivity index (χ3n) is 4.74. The van der Waals surface area contributed by atoms with Gasteiger partial charge in [-0.3, -0.25) is 4.99 Å². The maximum Gasteiger partial charge on any atom is 0.129 e. The Kier molecular flexibility index (Phi) is 5.56. The summed E-state index contributed by atoms with van der Waals surface area (Å²) in [5.74, 6) is 1.68. The first-order chi connectivity index (χ1) is 13.6. The van der Waals surface area contributed by atoms with Gasteiger partial charge in [-0.1, -0.05) is 59.6 Å². The number of ether oxygens (including phenoxy) is 1. The minimum atomic E-state index is -0.0656. The van der Waals surface area contributed by atoms with Crippen LogP contribution < -0.4 is 10.1 Å². The second kappa shape index (κ2) is 8.26. The molecule has 3 nitrogen and oxygen atoms in total. The Labute approximate surface area is 175 Å². The molecule has 1 heterocycles. The number of hydrogen-bond donors (Lipinski definition) is 1. The van der Waals surface area contributed by atoms with Crippen LogP contribution in [0.4, 0.5) is 0 Å². The SMILES string of the molecule is CCOc1cccc(C2=NC(c3ccc(Cl)cc3)C(c3ccc(Cl)cc3)N2)c1. The highest BCUT2D eigenvalue weighted by Gasteiger charge is 2.31. The van der Waals surface area contributed by atoms with Crippen LogP contribution in [0, 0.1) is 0 Å². The second-order valence-corrected chi connectivity index (χ2v) is 7.48. The zero-order chi connectivity index (χ0) is 19.5. The van der Waals surface area contributed by atoms with Crippen molar-refractivity contribution in [3.05, 3.63) is 99.5 Å². The van der Waals surface area contributed by atoms with Crippen LogP contribution >= 0.6 is 23.2 Å². The quantitative estimate of drug-likeness (QED) is 0.540. The fourth-order valence-corrected chi connectivity index (χ4v) is 3.65. The lowest BCUT2D eigenvalue weighted by atomic mass is 9.95. The Morgan fingerprint density at radius 2 is 1.54 bits per heavy atom. The molecule has 4 rings (SSSR count). The van der Waals surface area contributed by atoms with Gasteiger partial charge in [-0.2, -0.15) is 0 Å². The highest BCUT2D eigenvalue weighted by atomic mass is 35.5. The molecular formula is C23H20Cl2N2O. The van der Waals surface area contributed by atoms with Gasteiger partial charge in [-0.25, -0.2) is 0 Å². The predicted molar refractivity (Wildman–Crippen MR) is 116 cm³/mol. The Balaban J connectivity index is 1.72. The smallest absolute Gasteiger partial charge is 0.129 e. The van der Waals surface area contributed by atoms with E-state index in [1.54, 1.807) is 0 Å². The molecule has 0 amide bonds. The Morgan fingerprint density at radius 1 is 0.893 bits per heavy atom. The van der Waals surface area contributed by atoms with Crippen LogP contribution in [-0.4, -0.2) is 12.4 Å². The molecule has 28 heavy (non-hydrogen) atoms. The average Bonchev–Trinajstić information content (AvgIpc) is 3.15. The monoisotopic (exact) mass is 410 g/mol. The van der Waals surface area contributed by atoms with Crippen LogP contribution in [0.15, 0.2) is 77.8 Å². The van der Waals surface area contributed by atoms with Crippen LogP contribution in [0.1, 0.15) is 35.7 Å².